The Morgan fingerprint density at radius 2 is 2.25 bits per heavy atom. The van der Waals surface area contributed by atoms with Crippen LogP contribution in [0.2, 0.25) is 0 Å². The minimum atomic E-state index is -0.00278. The molecule has 0 spiro atoms. The van der Waals surface area contributed by atoms with E-state index in [0.717, 1.165) is 25.1 Å². The highest BCUT2D eigenvalue weighted by molar-refractivity contribution is 5.81. The number of carbonyl (C=O) groups is 1. The van der Waals surface area contributed by atoms with E-state index in [2.05, 4.69) is 29.7 Å². The van der Waals surface area contributed by atoms with Crippen molar-refractivity contribution in [3.63, 3.8) is 0 Å². The number of hydrogen-bond donors (Lipinski definition) is 2. The zero-order chi connectivity index (χ0) is 14.4. The molecule has 1 aliphatic rings. The van der Waals surface area contributed by atoms with Gasteiger partial charge in [-0.05, 0) is 38.3 Å². The van der Waals surface area contributed by atoms with Gasteiger partial charge in [0.2, 0.25) is 5.91 Å². The van der Waals surface area contributed by atoms with Gasteiger partial charge < -0.3 is 15.4 Å². The lowest BCUT2D eigenvalue weighted by Gasteiger charge is -2.31. The largest absolute Gasteiger partial charge is 0.382 e. The number of anilines is 1. The molecule has 2 N–H and O–H groups in total. The lowest BCUT2D eigenvalue weighted by Crippen LogP contribution is -2.43. The number of para-hydroxylation sites is 1. The monoisotopic (exact) mass is 276 g/mol. The molecule has 1 aliphatic heterocycles. The van der Waals surface area contributed by atoms with Gasteiger partial charge in [-0.2, -0.15) is 0 Å². The molecule has 2 atom stereocenters. The van der Waals surface area contributed by atoms with Crippen LogP contribution in [0, 0.1) is 5.92 Å². The summed E-state index contributed by atoms with van der Waals surface area (Å²) in [7, 11) is 0. The van der Waals surface area contributed by atoms with Crippen molar-refractivity contribution in [3.8, 4) is 0 Å². The molecule has 4 heteroatoms. The first-order chi connectivity index (χ1) is 9.72. The van der Waals surface area contributed by atoms with E-state index < -0.39 is 0 Å². The smallest absolute Gasteiger partial charge is 0.225 e. The quantitative estimate of drug-likeness (QED) is 0.783. The Hall–Kier alpha value is -1.55. The zero-order valence-corrected chi connectivity index (χ0v) is 12.3. The van der Waals surface area contributed by atoms with E-state index in [4.69, 9.17) is 4.74 Å². The summed E-state index contributed by atoms with van der Waals surface area (Å²) in [6, 6.07) is 8.36. The summed E-state index contributed by atoms with van der Waals surface area (Å²) < 4.78 is 5.26. The second kappa shape index (κ2) is 7.29. The Morgan fingerprint density at radius 3 is 3.05 bits per heavy atom. The highest BCUT2D eigenvalue weighted by Gasteiger charge is 2.29. The lowest BCUT2D eigenvalue weighted by molar-refractivity contribution is -0.125. The third-order valence-corrected chi connectivity index (χ3v) is 3.75. The molecule has 0 radical (unpaired) electrons. The van der Waals surface area contributed by atoms with E-state index in [0.29, 0.717) is 13.2 Å². The van der Waals surface area contributed by atoms with Gasteiger partial charge in [0.25, 0.3) is 0 Å². The summed E-state index contributed by atoms with van der Waals surface area (Å²) in [4.78, 5) is 12.3. The first kappa shape index (κ1) is 14.9. The molecule has 2 rings (SSSR count). The molecule has 0 aromatic heterocycles. The van der Waals surface area contributed by atoms with Crippen LogP contribution in [0.5, 0.6) is 0 Å². The van der Waals surface area contributed by atoms with Crippen molar-refractivity contribution >= 4 is 11.6 Å². The standard InChI is InChI=1S/C16H24N2O2/c1-3-20-10-6-9-17-16(19)14-11-13-7-4-5-8-15(13)18-12(14)2/h4-5,7-8,12,14,18H,3,6,9-11H2,1-2H3,(H,17,19). The molecule has 0 saturated carbocycles. The molecule has 4 nitrogen and oxygen atoms in total. The van der Waals surface area contributed by atoms with Crippen LogP contribution >= 0.6 is 0 Å². The van der Waals surface area contributed by atoms with Gasteiger partial charge in [0.1, 0.15) is 0 Å². The summed E-state index contributed by atoms with van der Waals surface area (Å²) in [5.74, 6) is 0.132. The molecule has 2 unspecified atom stereocenters. The van der Waals surface area contributed by atoms with E-state index in [9.17, 15) is 4.79 Å². The van der Waals surface area contributed by atoms with Crippen molar-refractivity contribution in [1.29, 1.82) is 0 Å². The van der Waals surface area contributed by atoms with Crippen molar-refractivity contribution in [1.82, 2.24) is 5.32 Å². The number of nitrogens with one attached hydrogen (secondary N) is 2. The molecule has 0 saturated heterocycles. The average molecular weight is 276 g/mol. The number of ether oxygens (including phenoxy) is 1. The van der Waals surface area contributed by atoms with Crippen molar-refractivity contribution in [3.05, 3.63) is 29.8 Å². The Balaban J connectivity index is 1.85. The second-order valence-electron chi connectivity index (χ2n) is 5.24. The van der Waals surface area contributed by atoms with Gasteiger partial charge in [0, 0.05) is 31.5 Å². The minimum Gasteiger partial charge on any atom is -0.382 e. The van der Waals surface area contributed by atoms with Crippen LogP contribution in [0.25, 0.3) is 0 Å². The van der Waals surface area contributed by atoms with Crippen molar-refractivity contribution in [2.45, 2.75) is 32.7 Å². The van der Waals surface area contributed by atoms with Crippen LogP contribution in [-0.2, 0) is 16.0 Å². The van der Waals surface area contributed by atoms with Crippen LogP contribution < -0.4 is 10.6 Å². The second-order valence-corrected chi connectivity index (χ2v) is 5.24. The molecular weight excluding hydrogens is 252 g/mol. The molecule has 1 aromatic carbocycles. The first-order valence-electron chi connectivity index (χ1n) is 7.42. The molecule has 0 bridgehead atoms. The molecule has 1 amide bonds. The van der Waals surface area contributed by atoms with Crippen molar-refractivity contribution in [2.75, 3.05) is 25.1 Å². The number of rotatable bonds is 6. The Kier molecular flexibility index (Phi) is 5.41. The molecule has 110 valence electrons. The number of benzene rings is 1. The van der Waals surface area contributed by atoms with Gasteiger partial charge >= 0.3 is 0 Å². The topological polar surface area (TPSA) is 50.4 Å². The third kappa shape index (κ3) is 3.73. The molecular formula is C16H24N2O2. The van der Waals surface area contributed by atoms with E-state index in [-0.39, 0.29) is 17.9 Å². The van der Waals surface area contributed by atoms with Gasteiger partial charge in [-0.25, -0.2) is 0 Å². The number of amides is 1. The van der Waals surface area contributed by atoms with Gasteiger partial charge in [0.05, 0.1) is 5.92 Å². The van der Waals surface area contributed by atoms with Crippen molar-refractivity contribution in [2.24, 2.45) is 5.92 Å². The summed E-state index contributed by atoms with van der Waals surface area (Å²) in [6.07, 6.45) is 1.67. The van der Waals surface area contributed by atoms with E-state index in [1.54, 1.807) is 0 Å². The van der Waals surface area contributed by atoms with Gasteiger partial charge in [-0.3, -0.25) is 4.79 Å². The molecule has 0 fully saturated rings. The van der Waals surface area contributed by atoms with E-state index >= 15 is 0 Å². The molecule has 1 heterocycles. The average Bonchev–Trinajstić information content (AvgIpc) is 2.46. The zero-order valence-electron chi connectivity index (χ0n) is 12.3. The van der Waals surface area contributed by atoms with Gasteiger partial charge in [0.15, 0.2) is 0 Å². The highest BCUT2D eigenvalue weighted by atomic mass is 16.5. The number of carbonyl (C=O) groups excluding carboxylic acids is 1. The number of hydrogen-bond acceptors (Lipinski definition) is 3. The predicted molar refractivity (Wildman–Crippen MR) is 80.8 cm³/mol. The summed E-state index contributed by atoms with van der Waals surface area (Å²) in [5, 5.41) is 6.43. The van der Waals surface area contributed by atoms with Crippen LogP contribution in [0.1, 0.15) is 25.8 Å². The van der Waals surface area contributed by atoms with Crippen molar-refractivity contribution < 1.29 is 9.53 Å². The summed E-state index contributed by atoms with van der Waals surface area (Å²) in [5.41, 5.74) is 2.38. The first-order valence-corrected chi connectivity index (χ1v) is 7.42. The van der Waals surface area contributed by atoms with Gasteiger partial charge in [-0.1, -0.05) is 18.2 Å². The minimum absolute atomic E-state index is 0.00278. The van der Waals surface area contributed by atoms with Crippen LogP contribution in [-0.4, -0.2) is 31.7 Å². The maximum absolute atomic E-state index is 12.3. The third-order valence-electron chi connectivity index (χ3n) is 3.75. The fourth-order valence-electron chi connectivity index (χ4n) is 2.58. The lowest BCUT2D eigenvalue weighted by atomic mass is 9.87. The number of fused-ring (bicyclic) bond motifs is 1. The fourth-order valence-corrected chi connectivity index (χ4v) is 2.58. The summed E-state index contributed by atoms with van der Waals surface area (Å²) in [6.45, 7) is 6.17. The molecule has 1 aromatic rings. The van der Waals surface area contributed by atoms with E-state index in [1.165, 1.54) is 5.56 Å². The Labute approximate surface area is 120 Å². The normalized spacial score (nSPS) is 20.9. The maximum Gasteiger partial charge on any atom is 0.225 e. The molecule has 0 aliphatic carbocycles. The Bertz CT molecular complexity index is 448. The van der Waals surface area contributed by atoms with Gasteiger partial charge in [-0.15, -0.1) is 0 Å². The van der Waals surface area contributed by atoms with Crippen LogP contribution in [0.3, 0.4) is 0 Å². The fraction of sp³-hybridized carbons (Fsp3) is 0.562. The predicted octanol–water partition coefficient (Wildman–Crippen LogP) is 2.20. The summed E-state index contributed by atoms with van der Waals surface area (Å²) >= 11 is 0. The SMILES string of the molecule is CCOCCCNC(=O)C1Cc2ccccc2NC1C. The Morgan fingerprint density at radius 1 is 1.45 bits per heavy atom. The van der Waals surface area contributed by atoms with E-state index in [1.807, 2.05) is 19.1 Å². The van der Waals surface area contributed by atoms with Crippen LogP contribution in [0.15, 0.2) is 24.3 Å². The molecule has 20 heavy (non-hydrogen) atoms. The van der Waals surface area contributed by atoms with Crippen LogP contribution in [0.4, 0.5) is 5.69 Å². The maximum atomic E-state index is 12.3. The highest BCUT2D eigenvalue weighted by Crippen LogP contribution is 2.28.